The lowest BCUT2D eigenvalue weighted by atomic mass is 9.99. The molecule has 0 saturated carbocycles. The normalized spacial score (nSPS) is 25.0. The Hall–Kier alpha value is -1.65. The van der Waals surface area contributed by atoms with Crippen LogP contribution in [0.3, 0.4) is 0 Å². The molecule has 0 aliphatic carbocycles. The van der Waals surface area contributed by atoms with E-state index in [0.717, 1.165) is 44.7 Å². The lowest BCUT2D eigenvalue weighted by Gasteiger charge is -2.35. The summed E-state index contributed by atoms with van der Waals surface area (Å²) in [5.74, 6) is 2.37. The highest BCUT2D eigenvalue weighted by Gasteiger charge is 2.28. The highest BCUT2D eigenvalue weighted by atomic mass is 16.2. The number of piperidine rings is 2. The summed E-state index contributed by atoms with van der Waals surface area (Å²) in [6.07, 6.45) is 6.93. The number of nitrogens with zero attached hydrogens (tertiary/aromatic N) is 4. The van der Waals surface area contributed by atoms with Crippen LogP contribution in [0.1, 0.15) is 68.7 Å². The number of aryl methyl sites for hydroxylation is 1. The van der Waals surface area contributed by atoms with Gasteiger partial charge >= 0.3 is 0 Å². The summed E-state index contributed by atoms with van der Waals surface area (Å²) >= 11 is 0. The van der Waals surface area contributed by atoms with Gasteiger partial charge in [-0.2, -0.15) is 0 Å². The summed E-state index contributed by atoms with van der Waals surface area (Å²) in [5, 5.41) is 0. The van der Waals surface area contributed by atoms with Crippen LogP contribution in [0.4, 0.5) is 5.82 Å². The first-order valence-corrected chi connectivity index (χ1v) is 9.50. The van der Waals surface area contributed by atoms with Gasteiger partial charge in [-0.25, -0.2) is 9.97 Å². The van der Waals surface area contributed by atoms with E-state index in [4.69, 9.17) is 0 Å². The van der Waals surface area contributed by atoms with Crippen molar-refractivity contribution in [3.63, 3.8) is 0 Å². The second-order valence-corrected chi connectivity index (χ2v) is 7.41. The van der Waals surface area contributed by atoms with E-state index >= 15 is 0 Å². The lowest BCUT2D eigenvalue weighted by Crippen LogP contribution is -2.44. The third kappa shape index (κ3) is 3.70. The Balaban J connectivity index is 1.83. The molecule has 3 rings (SSSR count). The van der Waals surface area contributed by atoms with Gasteiger partial charge in [-0.3, -0.25) is 4.79 Å². The number of carbonyl (C=O) groups excluding carboxylic acids is 1. The smallest absolute Gasteiger partial charge is 0.272 e. The second kappa shape index (κ2) is 7.49. The van der Waals surface area contributed by atoms with E-state index in [0.29, 0.717) is 23.5 Å². The zero-order chi connectivity index (χ0) is 17.1. The lowest BCUT2D eigenvalue weighted by molar-refractivity contribution is 0.0601. The van der Waals surface area contributed by atoms with E-state index in [9.17, 15) is 4.79 Å². The molecule has 2 saturated heterocycles. The number of amides is 1. The Morgan fingerprint density at radius 1 is 1.21 bits per heavy atom. The predicted octanol–water partition coefficient (Wildman–Crippen LogP) is 3.43. The molecule has 2 aliphatic heterocycles. The molecule has 3 heterocycles. The van der Waals surface area contributed by atoms with Crippen LogP contribution in [0.25, 0.3) is 0 Å². The average Bonchev–Trinajstić information content (AvgIpc) is 2.60. The van der Waals surface area contributed by atoms with Gasteiger partial charge < -0.3 is 9.80 Å². The van der Waals surface area contributed by atoms with E-state index in [1.54, 1.807) is 0 Å². The van der Waals surface area contributed by atoms with Crippen LogP contribution in [-0.4, -0.2) is 46.5 Å². The van der Waals surface area contributed by atoms with Crippen molar-refractivity contribution >= 4 is 11.7 Å². The number of rotatable bonds is 3. The van der Waals surface area contributed by atoms with E-state index in [2.05, 4.69) is 28.7 Å². The van der Waals surface area contributed by atoms with Crippen LogP contribution in [-0.2, 0) is 0 Å². The quantitative estimate of drug-likeness (QED) is 0.852. The van der Waals surface area contributed by atoms with Gasteiger partial charge in [0, 0.05) is 31.7 Å². The van der Waals surface area contributed by atoms with Gasteiger partial charge in [-0.15, -0.1) is 0 Å². The molecular formula is C19H30N4O. The molecule has 0 radical (unpaired) electrons. The third-order valence-corrected chi connectivity index (χ3v) is 5.38. The molecule has 0 N–H and O–H groups in total. The molecule has 2 fully saturated rings. The minimum absolute atomic E-state index is 0.0818. The molecule has 2 atom stereocenters. The summed E-state index contributed by atoms with van der Waals surface area (Å²) in [6, 6.07) is 2.27. The highest BCUT2D eigenvalue weighted by molar-refractivity contribution is 5.93. The Morgan fingerprint density at radius 3 is 2.79 bits per heavy atom. The maximum absolute atomic E-state index is 13.0. The summed E-state index contributed by atoms with van der Waals surface area (Å²) in [4.78, 5) is 26.5. The first kappa shape index (κ1) is 17.2. The number of aromatic nitrogens is 2. The number of anilines is 1. The van der Waals surface area contributed by atoms with Crippen LogP contribution in [0.15, 0.2) is 6.07 Å². The van der Waals surface area contributed by atoms with E-state index in [-0.39, 0.29) is 5.91 Å². The van der Waals surface area contributed by atoms with Gasteiger partial charge in [0.2, 0.25) is 0 Å². The largest absolute Gasteiger partial charge is 0.356 e. The van der Waals surface area contributed by atoms with Gasteiger partial charge in [0.15, 0.2) is 0 Å². The molecule has 5 heteroatoms. The van der Waals surface area contributed by atoms with Crippen LogP contribution in [0, 0.1) is 12.8 Å². The van der Waals surface area contributed by atoms with Crippen molar-refractivity contribution in [3.8, 4) is 0 Å². The van der Waals surface area contributed by atoms with Crippen molar-refractivity contribution in [2.24, 2.45) is 5.92 Å². The number of hydrogen-bond donors (Lipinski definition) is 0. The summed E-state index contributed by atoms with van der Waals surface area (Å²) in [6.45, 7) is 9.24. The Labute approximate surface area is 145 Å². The molecule has 1 aromatic rings. The van der Waals surface area contributed by atoms with Gasteiger partial charge in [0.1, 0.15) is 17.3 Å². The van der Waals surface area contributed by atoms with Crippen molar-refractivity contribution in [3.05, 3.63) is 17.6 Å². The van der Waals surface area contributed by atoms with Crippen molar-refractivity contribution in [1.82, 2.24) is 14.9 Å². The van der Waals surface area contributed by atoms with Crippen LogP contribution in [0.5, 0.6) is 0 Å². The Bertz CT molecular complexity index is 589. The summed E-state index contributed by atoms with van der Waals surface area (Å²) in [5.41, 5.74) is 0.566. The van der Waals surface area contributed by atoms with Gasteiger partial charge in [-0.1, -0.05) is 13.8 Å². The zero-order valence-corrected chi connectivity index (χ0v) is 15.3. The van der Waals surface area contributed by atoms with Crippen molar-refractivity contribution in [2.75, 3.05) is 24.5 Å². The Kier molecular flexibility index (Phi) is 5.36. The average molecular weight is 330 g/mol. The predicted molar refractivity (Wildman–Crippen MR) is 96.3 cm³/mol. The first-order chi connectivity index (χ1) is 11.6. The highest BCUT2D eigenvalue weighted by Crippen LogP contribution is 2.24. The number of hydrogen-bond acceptors (Lipinski definition) is 4. The van der Waals surface area contributed by atoms with Gasteiger partial charge in [0.25, 0.3) is 5.91 Å². The molecule has 1 aromatic heterocycles. The summed E-state index contributed by atoms with van der Waals surface area (Å²) < 4.78 is 0. The molecule has 1 amide bonds. The van der Waals surface area contributed by atoms with Crippen LogP contribution >= 0.6 is 0 Å². The minimum Gasteiger partial charge on any atom is -0.356 e. The molecule has 2 unspecified atom stereocenters. The molecule has 0 spiro atoms. The van der Waals surface area contributed by atoms with Gasteiger partial charge in [0.05, 0.1) is 0 Å². The monoisotopic (exact) mass is 330 g/mol. The fourth-order valence-electron chi connectivity index (χ4n) is 4.06. The second-order valence-electron chi connectivity index (χ2n) is 7.41. The van der Waals surface area contributed by atoms with Crippen molar-refractivity contribution < 1.29 is 4.79 Å². The SMILES string of the molecule is CCC1CCCCN1C(=O)c1cc(N2CCCC(C)C2)nc(C)n1. The molecular weight excluding hydrogens is 300 g/mol. The van der Waals surface area contributed by atoms with E-state index < -0.39 is 0 Å². The zero-order valence-electron chi connectivity index (χ0n) is 15.3. The maximum atomic E-state index is 13.0. The molecule has 24 heavy (non-hydrogen) atoms. The van der Waals surface area contributed by atoms with Gasteiger partial charge in [-0.05, 0) is 51.4 Å². The Morgan fingerprint density at radius 2 is 2.04 bits per heavy atom. The van der Waals surface area contributed by atoms with Crippen LogP contribution in [0.2, 0.25) is 0 Å². The van der Waals surface area contributed by atoms with E-state index in [1.165, 1.54) is 19.3 Å². The fraction of sp³-hybridized carbons (Fsp3) is 0.737. The third-order valence-electron chi connectivity index (χ3n) is 5.38. The van der Waals surface area contributed by atoms with Crippen LogP contribution < -0.4 is 4.90 Å². The number of carbonyl (C=O) groups is 1. The molecule has 5 nitrogen and oxygen atoms in total. The summed E-state index contributed by atoms with van der Waals surface area (Å²) in [7, 11) is 0. The minimum atomic E-state index is 0.0818. The van der Waals surface area contributed by atoms with E-state index in [1.807, 2.05) is 17.9 Å². The molecule has 0 bridgehead atoms. The standard InChI is InChI=1S/C19H30N4O/c1-4-16-9-5-6-11-23(16)19(24)17-12-18(21-15(3)20-17)22-10-7-8-14(2)13-22/h12,14,16H,4-11,13H2,1-3H3. The molecule has 0 aromatic carbocycles. The topological polar surface area (TPSA) is 49.3 Å². The van der Waals surface area contributed by atoms with Crippen molar-refractivity contribution in [2.45, 2.75) is 65.3 Å². The molecule has 132 valence electrons. The van der Waals surface area contributed by atoms with Crippen molar-refractivity contribution in [1.29, 1.82) is 0 Å². The maximum Gasteiger partial charge on any atom is 0.272 e. The number of likely N-dealkylation sites (tertiary alicyclic amines) is 1. The molecule has 2 aliphatic rings. The fourth-order valence-corrected chi connectivity index (χ4v) is 4.06. The first-order valence-electron chi connectivity index (χ1n) is 9.50.